The fourth-order valence-corrected chi connectivity index (χ4v) is 1.69. The second-order valence-corrected chi connectivity index (χ2v) is 3.61. The Hall–Kier alpha value is -0.990. The van der Waals surface area contributed by atoms with E-state index in [2.05, 4.69) is 6.58 Å². The molecule has 0 aliphatic rings. The molecule has 0 bridgehead atoms. The summed E-state index contributed by atoms with van der Waals surface area (Å²) in [5, 5.41) is 0.725. The van der Waals surface area contributed by atoms with Gasteiger partial charge in [-0.25, -0.2) is 0 Å². The maximum absolute atomic E-state index is 11.5. The zero-order chi connectivity index (χ0) is 11.4. The van der Waals surface area contributed by atoms with Crippen LogP contribution < -0.4 is 4.74 Å². The molecule has 0 saturated carbocycles. The van der Waals surface area contributed by atoms with Crippen molar-refractivity contribution >= 4 is 29.0 Å². The van der Waals surface area contributed by atoms with Crippen LogP contribution in [0.1, 0.15) is 17.3 Å². The van der Waals surface area contributed by atoms with Gasteiger partial charge in [-0.15, -0.1) is 0 Å². The molecule has 0 fully saturated rings. The van der Waals surface area contributed by atoms with E-state index in [0.717, 1.165) is 0 Å². The van der Waals surface area contributed by atoms with E-state index < -0.39 is 0 Å². The van der Waals surface area contributed by atoms with Crippen molar-refractivity contribution in [2.75, 3.05) is 6.61 Å². The van der Waals surface area contributed by atoms with E-state index in [1.807, 2.05) is 6.92 Å². The standard InChI is InChI=1S/C11H10Cl2O2/c1-3-10(14)8-5-7(12)6-9(13)11(8)15-4-2/h3,5-6H,1,4H2,2H3. The van der Waals surface area contributed by atoms with Crippen LogP contribution in [0.15, 0.2) is 24.8 Å². The van der Waals surface area contributed by atoms with Crippen molar-refractivity contribution in [2.45, 2.75) is 6.92 Å². The lowest BCUT2D eigenvalue weighted by Gasteiger charge is -2.10. The molecule has 2 nitrogen and oxygen atoms in total. The molecular formula is C11H10Cl2O2. The Bertz CT molecular complexity index is 400. The van der Waals surface area contributed by atoms with Crippen molar-refractivity contribution < 1.29 is 9.53 Å². The topological polar surface area (TPSA) is 26.3 Å². The van der Waals surface area contributed by atoms with Gasteiger partial charge in [0.15, 0.2) is 5.78 Å². The molecule has 0 aliphatic heterocycles. The van der Waals surface area contributed by atoms with Gasteiger partial charge in [0.05, 0.1) is 17.2 Å². The molecule has 80 valence electrons. The fraction of sp³-hybridized carbons (Fsp3) is 0.182. The lowest BCUT2D eigenvalue weighted by molar-refractivity contribution is 0.104. The van der Waals surface area contributed by atoms with Gasteiger partial charge in [0.1, 0.15) is 5.75 Å². The summed E-state index contributed by atoms with van der Waals surface area (Å²) in [5.41, 5.74) is 0.337. The average molecular weight is 245 g/mol. The Labute approximate surface area is 98.4 Å². The minimum Gasteiger partial charge on any atom is -0.492 e. The van der Waals surface area contributed by atoms with Crippen molar-refractivity contribution in [1.29, 1.82) is 0 Å². The molecule has 0 aliphatic carbocycles. The molecule has 0 N–H and O–H groups in total. The van der Waals surface area contributed by atoms with E-state index in [-0.39, 0.29) is 5.78 Å². The number of carbonyl (C=O) groups excluding carboxylic acids is 1. The summed E-state index contributed by atoms with van der Waals surface area (Å²) in [5.74, 6) is 0.0938. The summed E-state index contributed by atoms with van der Waals surface area (Å²) in [6.07, 6.45) is 1.20. The number of rotatable bonds is 4. The molecule has 0 radical (unpaired) electrons. The van der Waals surface area contributed by atoms with Gasteiger partial charge in [-0.1, -0.05) is 29.8 Å². The first-order chi connectivity index (χ1) is 7.10. The average Bonchev–Trinajstić information content (AvgIpc) is 2.20. The van der Waals surface area contributed by atoms with E-state index in [1.165, 1.54) is 18.2 Å². The molecule has 15 heavy (non-hydrogen) atoms. The van der Waals surface area contributed by atoms with Crippen LogP contribution in [0.25, 0.3) is 0 Å². The third kappa shape index (κ3) is 2.74. The van der Waals surface area contributed by atoms with Crippen molar-refractivity contribution in [3.05, 3.63) is 40.4 Å². The van der Waals surface area contributed by atoms with E-state index in [9.17, 15) is 4.79 Å². The Balaban J connectivity index is 3.32. The third-order valence-corrected chi connectivity index (χ3v) is 2.25. The molecule has 0 unspecified atom stereocenters. The highest BCUT2D eigenvalue weighted by Crippen LogP contribution is 2.32. The molecule has 0 aromatic heterocycles. The normalized spacial score (nSPS) is 9.80. The quantitative estimate of drug-likeness (QED) is 0.596. The molecule has 0 atom stereocenters. The summed E-state index contributed by atoms with van der Waals surface area (Å²) < 4.78 is 5.29. The fourth-order valence-electron chi connectivity index (χ4n) is 1.14. The van der Waals surface area contributed by atoms with Crippen LogP contribution in [0.3, 0.4) is 0 Å². The maximum atomic E-state index is 11.5. The van der Waals surface area contributed by atoms with Crippen molar-refractivity contribution in [3.8, 4) is 5.75 Å². The molecule has 0 amide bonds. The minimum atomic E-state index is -0.261. The van der Waals surface area contributed by atoms with Gasteiger partial charge in [0.2, 0.25) is 0 Å². The molecule has 0 heterocycles. The van der Waals surface area contributed by atoms with Crippen LogP contribution in [0.4, 0.5) is 0 Å². The Morgan fingerprint density at radius 3 is 2.73 bits per heavy atom. The van der Waals surface area contributed by atoms with Gasteiger partial charge in [-0.05, 0) is 25.1 Å². The highest BCUT2D eigenvalue weighted by molar-refractivity contribution is 6.36. The van der Waals surface area contributed by atoms with E-state index in [1.54, 1.807) is 0 Å². The van der Waals surface area contributed by atoms with E-state index in [4.69, 9.17) is 27.9 Å². The molecular weight excluding hydrogens is 235 g/mol. The summed E-state index contributed by atoms with van der Waals surface area (Å²) >= 11 is 11.7. The SMILES string of the molecule is C=CC(=O)c1cc(Cl)cc(Cl)c1OCC. The lowest BCUT2D eigenvalue weighted by Crippen LogP contribution is -2.02. The van der Waals surface area contributed by atoms with Gasteiger partial charge >= 0.3 is 0 Å². The van der Waals surface area contributed by atoms with Gasteiger partial charge < -0.3 is 4.74 Å². The number of ether oxygens (including phenoxy) is 1. The number of benzene rings is 1. The van der Waals surface area contributed by atoms with Gasteiger partial charge in [-0.3, -0.25) is 4.79 Å². The van der Waals surface area contributed by atoms with Crippen LogP contribution in [0.2, 0.25) is 10.0 Å². The second-order valence-electron chi connectivity index (χ2n) is 2.77. The smallest absolute Gasteiger partial charge is 0.189 e. The van der Waals surface area contributed by atoms with Crippen molar-refractivity contribution in [2.24, 2.45) is 0 Å². The maximum Gasteiger partial charge on any atom is 0.189 e. The minimum absolute atomic E-state index is 0.261. The number of carbonyl (C=O) groups is 1. The van der Waals surface area contributed by atoms with E-state index in [0.29, 0.717) is 28.0 Å². The number of halogens is 2. The predicted molar refractivity (Wildman–Crippen MR) is 62.2 cm³/mol. The van der Waals surface area contributed by atoms with Gasteiger partial charge in [-0.2, -0.15) is 0 Å². The van der Waals surface area contributed by atoms with Gasteiger partial charge in [0, 0.05) is 5.02 Å². The third-order valence-electron chi connectivity index (χ3n) is 1.75. The molecule has 1 rings (SSSR count). The van der Waals surface area contributed by atoms with Crippen molar-refractivity contribution in [1.82, 2.24) is 0 Å². The van der Waals surface area contributed by atoms with Crippen LogP contribution in [-0.4, -0.2) is 12.4 Å². The second kappa shape index (κ2) is 5.19. The summed E-state index contributed by atoms with van der Waals surface area (Å²) in [6, 6.07) is 3.05. The number of hydrogen-bond donors (Lipinski definition) is 0. The summed E-state index contributed by atoms with van der Waals surface area (Å²) in [7, 11) is 0. The Morgan fingerprint density at radius 1 is 1.53 bits per heavy atom. The number of hydrogen-bond acceptors (Lipinski definition) is 2. The van der Waals surface area contributed by atoms with E-state index >= 15 is 0 Å². The lowest BCUT2D eigenvalue weighted by atomic mass is 10.1. The highest BCUT2D eigenvalue weighted by atomic mass is 35.5. The Morgan fingerprint density at radius 2 is 2.20 bits per heavy atom. The zero-order valence-electron chi connectivity index (χ0n) is 8.22. The first-order valence-corrected chi connectivity index (χ1v) is 5.14. The molecule has 1 aromatic rings. The first-order valence-electron chi connectivity index (χ1n) is 4.38. The van der Waals surface area contributed by atoms with Crippen LogP contribution in [0.5, 0.6) is 5.75 Å². The largest absolute Gasteiger partial charge is 0.492 e. The zero-order valence-corrected chi connectivity index (χ0v) is 9.73. The Kier molecular flexibility index (Phi) is 4.18. The molecule has 1 aromatic carbocycles. The molecule has 0 spiro atoms. The molecule has 4 heteroatoms. The predicted octanol–water partition coefficient (Wildman–Crippen LogP) is 3.76. The van der Waals surface area contributed by atoms with Crippen molar-refractivity contribution in [3.63, 3.8) is 0 Å². The van der Waals surface area contributed by atoms with Gasteiger partial charge in [0.25, 0.3) is 0 Å². The summed E-state index contributed by atoms with van der Waals surface area (Å²) in [6.45, 7) is 5.65. The molecule has 0 saturated heterocycles. The summed E-state index contributed by atoms with van der Waals surface area (Å²) in [4.78, 5) is 11.5. The monoisotopic (exact) mass is 244 g/mol. The number of ketones is 1. The van der Waals surface area contributed by atoms with Crippen LogP contribution in [-0.2, 0) is 0 Å². The number of allylic oxidation sites excluding steroid dienone is 1. The highest BCUT2D eigenvalue weighted by Gasteiger charge is 2.14. The van der Waals surface area contributed by atoms with Crippen LogP contribution in [0, 0.1) is 0 Å². The van der Waals surface area contributed by atoms with Crippen LogP contribution >= 0.6 is 23.2 Å². The first kappa shape index (κ1) is 12.1.